The molecule has 156 valence electrons. The molecule has 4 aromatic rings. The number of benzene rings is 1. The predicted octanol–water partition coefficient (Wildman–Crippen LogP) is 4.55. The molecule has 0 atom stereocenters. The number of pyridine rings is 1. The first-order valence-electron chi connectivity index (χ1n) is 10.8. The maximum absolute atomic E-state index is 13.4. The molecule has 0 unspecified atom stereocenters. The highest BCUT2D eigenvalue weighted by Crippen LogP contribution is 2.34. The molecule has 1 fully saturated rings. The average molecular weight is 412 g/mol. The van der Waals surface area contributed by atoms with Crippen LogP contribution in [0.15, 0.2) is 59.7 Å². The van der Waals surface area contributed by atoms with Crippen molar-refractivity contribution in [1.82, 2.24) is 19.6 Å². The fraction of sp³-hybridized carbons (Fsp3) is 0.240. The molecule has 0 spiro atoms. The molecule has 1 aliphatic rings. The van der Waals surface area contributed by atoms with Gasteiger partial charge in [0, 0.05) is 36.7 Å². The molecule has 1 saturated heterocycles. The Labute approximate surface area is 180 Å². The van der Waals surface area contributed by atoms with E-state index in [1.807, 2.05) is 49.4 Å². The Bertz CT molecular complexity index is 1280. The van der Waals surface area contributed by atoms with Crippen LogP contribution < -0.4 is 10.5 Å². The number of aromatic nitrogens is 4. The lowest BCUT2D eigenvalue weighted by Crippen LogP contribution is -2.30. The molecule has 0 bridgehead atoms. The summed E-state index contributed by atoms with van der Waals surface area (Å²) in [6.45, 7) is 3.90. The molecule has 0 aliphatic carbocycles. The van der Waals surface area contributed by atoms with Crippen molar-refractivity contribution < 1.29 is 0 Å². The molecule has 6 nitrogen and oxygen atoms in total. The van der Waals surface area contributed by atoms with Crippen LogP contribution in [0.5, 0.6) is 0 Å². The molecular formula is C25H25N5O. The number of aryl methyl sites for hydroxylation is 1. The van der Waals surface area contributed by atoms with Crippen molar-refractivity contribution >= 4 is 23.5 Å². The van der Waals surface area contributed by atoms with E-state index in [2.05, 4.69) is 27.0 Å². The topological polar surface area (TPSA) is 66.3 Å². The summed E-state index contributed by atoms with van der Waals surface area (Å²) < 4.78 is 1.53. The number of nitrogens with zero attached hydrogens (tertiary/aromatic N) is 4. The molecule has 5 rings (SSSR count). The van der Waals surface area contributed by atoms with Crippen LogP contribution in [0.25, 0.3) is 29.1 Å². The Morgan fingerprint density at radius 2 is 1.81 bits per heavy atom. The molecule has 1 aliphatic heterocycles. The summed E-state index contributed by atoms with van der Waals surface area (Å²) in [4.78, 5) is 23.4. The Balaban J connectivity index is 1.69. The van der Waals surface area contributed by atoms with E-state index in [0.717, 1.165) is 59.8 Å². The zero-order valence-corrected chi connectivity index (χ0v) is 17.6. The van der Waals surface area contributed by atoms with Crippen molar-refractivity contribution in [3.8, 4) is 11.3 Å². The molecule has 31 heavy (non-hydrogen) atoms. The number of rotatable bonds is 4. The van der Waals surface area contributed by atoms with Gasteiger partial charge in [0.1, 0.15) is 11.4 Å². The first-order chi connectivity index (χ1) is 15.2. The van der Waals surface area contributed by atoms with Gasteiger partial charge >= 0.3 is 0 Å². The number of anilines is 1. The van der Waals surface area contributed by atoms with Crippen molar-refractivity contribution in [2.45, 2.75) is 26.2 Å². The second-order valence-electron chi connectivity index (χ2n) is 7.96. The average Bonchev–Trinajstić information content (AvgIpc) is 3.20. The zero-order chi connectivity index (χ0) is 21.2. The quantitative estimate of drug-likeness (QED) is 0.535. The number of nitrogens with one attached hydrogen (secondary N) is 1. The van der Waals surface area contributed by atoms with E-state index in [4.69, 9.17) is 5.10 Å². The summed E-state index contributed by atoms with van der Waals surface area (Å²) in [6.07, 6.45) is 10.8. The van der Waals surface area contributed by atoms with Gasteiger partial charge in [0.15, 0.2) is 5.65 Å². The molecule has 0 saturated carbocycles. The van der Waals surface area contributed by atoms with Crippen molar-refractivity contribution in [2.75, 3.05) is 18.0 Å². The smallest absolute Gasteiger partial charge is 0.281 e. The molecule has 1 aromatic carbocycles. The van der Waals surface area contributed by atoms with E-state index in [1.54, 1.807) is 12.4 Å². The van der Waals surface area contributed by atoms with Gasteiger partial charge in [0.25, 0.3) is 5.56 Å². The van der Waals surface area contributed by atoms with Crippen LogP contribution in [-0.2, 0) is 0 Å². The van der Waals surface area contributed by atoms with Crippen LogP contribution in [0.2, 0.25) is 0 Å². The molecule has 4 heterocycles. The molecular weight excluding hydrogens is 386 g/mol. The van der Waals surface area contributed by atoms with Crippen molar-refractivity contribution in [2.24, 2.45) is 0 Å². The van der Waals surface area contributed by atoms with E-state index >= 15 is 0 Å². The van der Waals surface area contributed by atoms with Crippen LogP contribution in [0.4, 0.5) is 5.69 Å². The first-order valence-corrected chi connectivity index (χ1v) is 10.8. The van der Waals surface area contributed by atoms with Crippen molar-refractivity contribution in [1.29, 1.82) is 0 Å². The fourth-order valence-electron chi connectivity index (χ4n) is 4.25. The first kappa shape index (κ1) is 19.3. The SMILES string of the molecule is Cc1[nH]c2c(N3CCCCC3)c(-c3ccccc3)nn2c(=O)c1/C=C/c1cccnc1. The largest absolute Gasteiger partial charge is 0.367 e. The summed E-state index contributed by atoms with van der Waals surface area (Å²) in [5, 5.41) is 4.80. The lowest BCUT2D eigenvalue weighted by atomic mass is 10.1. The minimum Gasteiger partial charge on any atom is -0.367 e. The summed E-state index contributed by atoms with van der Waals surface area (Å²) in [5.74, 6) is 0. The maximum atomic E-state index is 13.4. The number of H-pyrrole nitrogens is 1. The normalized spacial score (nSPS) is 14.5. The third-order valence-corrected chi connectivity index (χ3v) is 5.84. The lowest BCUT2D eigenvalue weighted by Gasteiger charge is -2.28. The van der Waals surface area contributed by atoms with E-state index in [0.29, 0.717) is 5.56 Å². The fourth-order valence-corrected chi connectivity index (χ4v) is 4.25. The van der Waals surface area contributed by atoms with Crippen LogP contribution in [0.1, 0.15) is 36.1 Å². The van der Waals surface area contributed by atoms with Gasteiger partial charge < -0.3 is 9.88 Å². The summed E-state index contributed by atoms with van der Waals surface area (Å²) in [7, 11) is 0. The Kier molecular flexibility index (Phi) is 5.12. The lowest BCUT2D eigenvalue weighted by molar-refractivity contribution is 0.579. The standard InChI is InChI=1S/C25H25N5O/c1-18-21(13-12-19-9-8-14-26-17-19)25(31)30-24(27-18)23(29-15-6-3-7-16-29)22(28-30)20-10-4-2-5-11-20/h2,4-5,8-14,17,27H,3,6-7,15-16H2,1H3/b13-12+. The van der Waals surface area contributed by atoms with Crippen LogP contribution in [-0.4, -0.2) is 32.7 Å². The monoisotopic (exact) mass is 411 g/mol. The van der Waals surface area contributed by atoms with Crippen LogP contribution >= 0.6 is 0 Å². The third-order valence-electron chi connectivity index (χ3n) is 5.84. The maximum Gasteiger partial charge on any atom is 0.281 e. The van der Waals surface area contributed by atoms with Gasteiger partial charge in [-0.15, -0.1) is 0 Å². The Morgan fingerprint density at radius 1 is 1.00 bits per heavy atom. The van der Waals surface area contributed by atoms with Crippen LogP contribution in [0.3, 0.4) is 0 Å². The summed E-state index contributed by atoms with van der Waals surface area (Å²) >= 11 is 0. The van der Waals surface area contributed by atoms with E-state index < -0.39 is 0 Å². The summed E-state index contributed by atoms with van der Waals surface area (Å²) in [6, 6.07) is 14.0. The van der Waals surface area contributed by atoms with E-state index in [9.17, 15) is 4.79 Å². The van der Waals surface area contributed by atoms with Gasteiger partial charge in [-0.3, -0.25) is 9.78 Å². The van der Waals surface area contributed by atoms with Gasteiger partial charge in [-0.05, 0) is 43.9 Å². The van der Waals surface area contributed by atoms with Gasteiger partial charge in [0.2, 0.25) is 0 Å². The van der Waals surface area contributed by atoms with E-state index in [-0.39, 0.29) is 5.56 Å². The summed E-state index contributed by atoms with van der Waals surface area (Å²) in [5.41, 5.74) is 5.91. The number of piperidine rings is 1. The number of fused-ring (bicyclic) bond motifs is 1. The highest BCUT2D eigenvalue weighted by atomic mass is 16.1. The molecule has 0 radical (unpaired) electrons. The van der Waals surface area contributed by atoms with Gasteiger partial charge in [-0.25, -0.2) is 0 Å². The third kappa shape index (κ3) is 3.65. The minimum absolute atomic E-state index is 0.119. The predicted molar refractivity (Wildman–Crippen MR) is 125 cm³/mol. The number of aromatic amines is 1. The Morgan fingerprint density at radius 3 is 2.55 bits per heavy atom. The van der Waals surface area contributed by atoms with Crippen LogP contribution in [0, 0.1) is 6.92 Å². The Hall–Kier alpha value is -3.67. The molecule has 3 aromatic heterocycles. The second kappa shape index (κ2) is 8.22. The number of hydrogen-bond acceptors (Lipinski definition) is 4. The van der Waals surface area contributed by atoms with Crippen molar-refractivity contribution in [3.63, 3.8) is 0 Å². The highest BCUT2D eigenvalue weighted by Gasteiger charge is 2.24. The van der Waals surface area contributed by atoms with Gasteiger partial charge in [0.05, 0.1) is 5.56 Å². The second-order valence-corrected chi connectivity index (χ2v) is 7.96. The van der Waals surface area contributed by atoms with Crippen molar-refractivity contribution in [3.05, 3.63) is 82.0 Å². The van der Waals surface area contributed by atoms with E-state index in [1.165, 1.54) is 10.9 Å². The van der Waals surface area contributed by atoms with Gasteiger partial charge in [-0.1, -0.05) is 42.5 Å². The molecule has 1 N–H and O–H groups in total. The minimum atomic E-state index is -0.119. The van der Waals surface area contributed by atoms with Gasteiger partial charge in [-0.2, -0.15) is 9.61 Å². The zero-order valence-electron chi connectivity index (χ0n) is 17.6. The highest BCUT2D eigenvalue weighted by molar-refractivity contribution is 5.86. The number of hydrogen-bond donors (Lipinski definition) is 1. The molecule has 0 amide bonds. The molecule has 6 heteroatoms.